The number of ether oxygens (including phenoxy) is 1. The molecule has 19 heavy (non-hydrogen) atoms. The van der Waals surface area contributed by atoms with Crippen LogP contribution in [0, 0.1) is 0 Å². The summed E-state index contributed by atoms with van der Waals surface area (Å²) in [6.45, 7) is 4.81. The van der Waals surface area contributed by atoms with Gasteiger partial charge in [0.05, 0.1) is 30.8 Å². The van der Waals surface area contributed by atoms with Crippen molar-refractivity contribution >= 4 is 11.4 Å². The topological polar surface area (TPSA) is 60.2 Å². The fourth-order valence-corrected chi connectivity index (χ4v) is 1.30. The molecular formula is C12H16F3N3O. The number of rotatable bonds is 7. The lowest BCUT2D eigenvalue weighted by atomic mass is 10.2. The van der Waals surface area contributed by atoms with Crippen molar-refractivity contribution < 1.29 is 17.9 Å². The minimum absolute atomic E-state index is 0.166. The fraction of sp³-hybridized carbons (Fsp3) is 0.417. The van der Waals surface area contributed by atoms with Crippen LogP contribution in [-0.4, -0.2) is 24.7 Å². The zero-order valence-electron chi connectivity index (χ0n) is 10.3. The Morgan fingerprint density at radius 3 is 2.79 bits per heavy atom. The molecule has 0 radical (unpaired) electrons. The third-order valence-corrected chi connectivity index (χ3v) is 2.25. The number of halogens is 3. The summed E-state index contributed by atoms with van der Waals surface area (Å²) in [5.41, 5.74) is 4.94. The molecule has 4 nitrogen and oxygen atoms in total. The molecule has 0 bridgehead atoms. The molecule has 0 aliphatic heterocycles. The Bertz CT molecular complexity index is 421. The van der Waals surface area contributed by atoms with Crippen LogP contribution >= 0.6 is 0 Å². The molecule has 0 aromatic carbocycles. The van der Waals surface area contributed by atoms with Crippen molar-refractivity contribution in [3.8, 4) is 0 Å². The molecule has 3 N–H and O–H groups in total. The van der Waals surface area contributed by atoms with Gasteiger partial charge in [-0.05, 0) is 12.5 Å². The Hall–Kier alpha value is -1.76. The van der Waals surface area contributed by atoms with E-state index in [4.69, 9.17) is 10.5 Å². The highest BCUT2D eigenvalue weighted by Gasteiger charge is 2.32. The first-order valence-electron chi connectivity index (χ1n) is 5.70. The zero-order chi connectivity index (χ0) is 14.3. The number of hydrogen-bond donors (Lipinski definition) is 2. The van der Waals surface area contributed by atoms with Crippen LogP contribution < -0.4 is 11.1 Å². The predicted octanol–water partition coefficient (Wildman–Crippen LogP) is 2.69. The summed E-state index contributed by atoms with van der Waals surface area (Å²) in [5, 5.41) is 2.79. The molecule has 0 amide bonds. The van der Waals surface area contributed by atoms with Crippen LogP contribution in [0.1, 0.15) is 12.1 Å². The summed E-state index contributed by atoms with van der Waals surface area (Å²) in [4.78, 5) is 3.25. The molecule has 0 unspecified atom stereocenters. The average molecular weight is 275 g/mol. The fourth-order valence-electron chi connectivity index (χ4n) is 1.30. The number of nitrogens with one attached hydrogen (secondary N) is 1. The highest BCUT2D eigenvalue weighted by atomic mass is 19.4. The summed E-state index contributed by atoms with van der Waals surface area (Å²) < 4.78 is 42.6. The van der Waals surface area contributed by atoms with Crippen LogP contribution in [0.15, 0.2) is 24.9 Å². The Morgan fingerprint density at radius 2 is 2.16 bits per heavy atom. The van der Waals surface area contributed by atoms with Gasteiger partial charge in [-0.25, -0.2) is 4.98 Å². The second-order valence-electron chi connectivity index (χ2n) is 3.77. The molecular weight excluding hydrogens is 259 g/mol. The summed E-state index contributed by atoms with van der Waals surface area (Å²) in [7, 11) is 0. The van der Waals surface area contributed by atoms with Crippen LogP contribution in [0.25, 0.3) is 0 Å². The molecule has 0 spiro atoms. The second-order valence-corrected chi connectivity index (χ2v) is 3.77. The van der Waals surface area contributed by atoms with E-state index in [1.54, 1.807) is 6.08 Å². The van der Waals surface area contributed by atoms with E-state index in [9.17, 15) is 13.2 Å². The molecule has 0 saturated carbocycles. The number of nitrogen functional groups attached to an aromatic ring is 1. The van der Waals surface area contributed by atoms with E-state index in [-0.39, 0.29) is 11.4 Å². The van der Waals surface area contributed by atoms with Gasteiger partial charge in [-0.2, -0.15) is 13.2 Å². The Labute approximate surface area is 109 Å². The number of anilines is 2. The molecule has 0 aliphatic carbocycles. The number of aromatic nitrogens is 1. The quantitative estimate of drug-likeness (QED) is 0.593. The van der Waals surface area contributed by atoms with Crippen molar-refractivity contribution in [1.82, 2.24) is 4.98 Å². The Balaban J connectivity index is 2.51. The van der Waals surface area contributed by atoms with Gasteiger partial charge in [0.25, 0.3) is 0 Å². The first kappa shape index (κ1) is 15.3. The summed E-state index contributed by atoms with van der Waals surface area (Å²) >= 11 is 0. The Kier molecular flexibility index (Phi) is 5.62. The molecule has 0 fully saturated rings. The van der Waals surface area contributed by atoms with Gasteiger partial charge < -0.3 is 15.8 Å². The van der Waals surface area contributed by atoms with Gasteiger partial charge in [0.2, 0.25) is 0 Å². The molecule has 0 atom stereocenters. The lowest BCUT2D eigenvalue weighted by molar-refractivity contribution is -0.141. The van der Waals surface area contributed by atoms with Gasteiger partial charge in [0, 0.05) is 6.54 Å². The maximum Gasteiger partial charge on any atom is 0.433 e. The third kappa shape index (κ3) is 5.17. The van der Waals surface area contributed by atoms with Crippen LogP contribution in [-0.2, 0) is 10.9 Å². The predicted molar refractivity (Wildman–Crippen MR) is 67.8 cm³/mol. The minimum atomic E-state index is -4.48. The van der Waals surface area contributed by atoms with Crippen molar-refractivity contribution in [1.29, 1.82) is 0 Å². The van der Waals surface area contributed by atoms with E-state index in [1.165, 1.54) is 0 Å². The smallest absolute Gasteiger partial charge is 0.396 e. The molecule has 1 aromatic rings. The standard InChI is InChI=1S/C12H16F3N3O/c1-2-3-5-19-6-4-17-10-7-11(12(13,14)15)18-8-9(10)16/h2,7-8H,1,3-6,16H2,(H,17,18). The van der Waals surface area contributed by atoms with Crippen LogP contribution in [0.2, 0.25) is 0 Å². The molecule has 106 valence electrons. The van der Waals surface area contributed by atoms with Crippen LogP contribution in [0.4, 0.5) is 24.5 Å². The third-order valence-electron chi connectivity index (χ3n) is 2.25. The van der Waals surface area contributed by atoms with E-state index in [0.29, 0.717) is 19.8 Å². The second kappa shape index (κ2) is 6.98. The van der Waals surface area contributed by atoms with E-state index in [1.807, 2.05) is 0 Å². The lowest BCUT2D eigenvalue weighted by Gasteiger charge is -2.12. The molecule has 7 heteroatoms. The van der Waals surface area contributed by atoms with E-state index < -0.39 is 11.9 Å². The van der Waals surface area contributed by atoms with Gasteiger partial charge in [0.1, 0.15) is 5.69 Å². The van der Waals surface area contributed by atoms with E-state index in [2.05, 4.69) is 16.9 Å². The van der Waals surface area contributed by atoms with E-state index in [0.717, 1.165) is 18.7 Å². The normalized spacial score (nSPS) is 11.3. The van der Waals surface area contributed by atoms with Crippen LogP contribution in [0.5, 0.6) is 0 Å². The van der Waals surface area contributed by atoms with Crippen LogP contribution in [0.3, 0.4) is 0 Å². The molecule has 0 saturated heterocycles. The monoisotopic (exact) mass is 275 g/mol. The minimum Gasteiger partial charge on any atom is -0.396 e. The lowest BCUT2D eigenvalue weighted by Crippen LogP contribution is -2.14. The number of hydrogen-bond acceptors (Lipinski definition) is 4. The van der Waals surface area contributed by atoms with Gasteiger partial charge >= 0.3 is 6.18 Å². The molecule has 1 rings (SSSR count). The number of pyridine rings is 1. The summed E-state index contributed by atoms with van der Waals surface area (Å²) in [6.07, 6.45) is -1.03. The van der Waals surface area contributed by atoms with Crippen molar-refractivity contribution in [3.05, 3.63) is 30.6 Å². The number of alkyl halides is 3. The van der Waals surface area contributed by atoms with Gasteiger partial charge in [-0.15, -0.1) is 6.58 Å². The highest BCUT2D eigenvalue weighted by Crippen LogP contribution is 2.30. The number of nitrogens with two attached hydrogens (primary N) is 1. The molecule has 0 aliphatic rings. The van der Waals surface area contributed by atoms with Gasteiger partial charge in [-0.1, -0.05) is 6.08 Å². The van der Waals surface area contributed by atoms with Crippen molar-refractivity contribution in [2.75, 3.05) is 30.8 Å². The highest BCUT2D eigenvalue weighted by molar-refractivity contribution is 5.65. The SMILES string of the molecule is C=CCCOCCNc1cc(C(F)(F)F)ncc1N. The summed E-state index contributed by atoms with van der Waals surface area (Å²) in [5.74, 6) is 0. The number of nitrogens with zero attached hydrogens (tertiary/aromatic N) is 1. The largest absolute Gasteiger partial charge is 0.433 e. The van der Waals surface area contributed by atoms with Crippen molar-refractivity contribution in [2.24, 2.45) is 0 Å². The zero-order valence-corrected chi connectivity index (χ0v) is 10.3. The molecule has 1 aromatic heterocycles. The van der Waals surface area contributed by atoms with Crippen molar-refractivity contribution in [2.45, 2.75) is 12.6 Å². The average Bonchev–Trinajstić information content (AvgIpc) is 2.34. The van der Waals surface area contributed by atoms with Gasteiger partial charge in [-0.3, -0.25) is 0 Å². The van der Waals surface area contributed by atoms with Gasteiger partial charge in [0.15, 0.2) is 0 Å². The Morgan fingerprint density at radius 1 is 1.42 bits per heavy atom. The van der Waals surface area contributed by atoms with Crippen molar-refractivity contribution in [3.63, 3.8) is 0 Å². The maximum absolute atomic E-state index is 12.5. The summed E-state index contributed by atoms with van der Waals surface area (Å²) in [6, 6.07) is 0.888. The first-order chi connectivity index (χ1) is 8.95. The maximum atomic E-state index is 12.5. The first-order valence-corrected chi connectivity index (χ1v) is 5.70. The molecule has 1 heterocycles. The van der Waals surface area contributed by atoms with E-state index >= 15 is 0 Å².